The van der Waals surface area contributed by atoms with Gasteiger partial charge in [0.25, 0.3) is 5.91 Å². The molecule has 1 aromatic carbocycles. The minimum absolute atomic E-state index is 0.0865. The van der Waals surface area contributed by atoms with E-state index in [1.165, 1.54) is 24.3 Å². The average molecular weight is 407 g/mol. The summed E-state index contributed by atoms with van der Waals surface area (Å²) in [5.74, 6) is -3.08. The van der Waals surface area contributed by atoms with Crippen LogP contribution in [0.4, 0.5) is 26.3 Å². The van der Waals surface area contributed by atoms with Gasteiger partial charge in [0.1, 0.15) is 5.84 Å². The van der Waals surface area contributed by atoms with Crippen LogP contribution in [0.2, 0.25) is 0 Å². The van der Waals surface area contributed by atoms with E-state index in [4.69, 9.17) is 0 Å². The van der Waals surface area contributed by atoms with E-state index in [1.54, 1.807) is 6.07 Å². The van der Waals surface area contributed by atoms with Crippen molar-refractivity contribution in [1.82, 2.24) is 4.90 Å². The molecule has 28 heavy (non-hydrogen) atoms. The Morgan fingerprint density at radius 2 is 1.64 bits per heavy atom. The highest BCUT2D eigenvalue weighted by Gasteiger charge is 2.77. The number of aliphatic imine (C=N–C) groups is 2. The predicted octanol–water partition coefficient (Wildman–Crippen LogP) is 5.01. The summed E-state index contributed by atoms with van der Waals surface area (Å²) in [4.78, 5) is 19.2. The summed E-state index contributed by atoms with van der Waals surface area (Å²) in [5, 5.41) is 0. The van der Waals surface area contributed by atoms with E-state index in [2.05, 4.69) is 9.98 Å². The number of halogens is 6. The van der Waals surface area contributed by atoms with E-state index >= 15 is 0 Å². The van der Waals surface area contributed by atoms with Crippen molar-refractivity contribution < 1.29 is 31.1 Å². The van der Waals surface area contributed by atoms with E-state index < -0.39 is 35.5 Å². The van der Waals surface area contributed by atoms with Gasteiger partial charge < -0.3 is 4.90 Å². The topological polar surface area (TPSA) is 45.0 Å². The molecule has 0 saturated carbocycles. The molecule has 2 rings (SSSR count). The highest BCUT2D eigenvalue weighted by atomic mass is 19.4. The minimum Gasteiger partial charge on any atom is -0.319 e. The second-order valence-electron chi connectivity index (χ2n) is 6.36. The lowest BCUT2D eigenvalue weighted by molar-refractivity contribution is -0.270. The fraction of sp³-hybridized carbons (Fsp3) is 0.500. The zero-order chi connectivity index (χ0) is 21.2. The van der Waals surface area contributed by atoms with Crippen molar-refractivity contribution in [2.45, 2.75) is 50.5 Å². The molecule has 1 aliphatic heterocycles. The van der Waals surface area contributed by atoms with Crippen LogP contribution in [0.15, 0.2) is 40.3 Å². The molecule has 4 nitrogen and oxygen atoms in total. The fourth-order valence-corrected chi connectivity index (χ4v) is 2.88. The number of hydrogen-bond donors (Lipinski definition) is 0. The molecule has 0 atom stereocenters. The number of carbonyl (C=O) groups is 1. The summed E-state index contributed by atoms with van der Waals surface area (Å²) in [6.07, 6.45) is -10.0. The molecule has 154 valence electrons. The van der Waals surface area contributed by atoms with Gasteiger partial charge >= 0.3 is 17.9 Å². The van der Waals surface area contributed by atoms with E-state index in [-0.39, 0.29) is 12.0 Å². The summed E-state index contributed by atoms with van der Waals surface area (Å²) in [6, 6.07) is 6.93. The number of carbonyl (C=O) groups excluding carboxylic acids is 1. The van der Waals surface area contributed by atoms with Gasteiger partial charge in [-0.15, -0.1) is 0 Å². The Kier molecular flexibility index (Phi) is 6.20. The molecular weight excluding hydrogens is 388 g/mol. The van der Waals surface area contributed by atoms with Crippen molar-refractivity contribution >= 4 is 17.6 Å². The van der Waals surface area contributed by atoms with Crippen molar-refractivity contribution in [3.8, 4) is 0 Å². The highest BCUT2D eigenvalue weighted by Crippen LogP contribution is 2.50. The predicted molar refractivity (Wildman–Crippen MR) is 92.4 cm³/mol. The first-order valence-corrected chi connectivity index (χ1v) is 8.60. The summed E-state index contributed by atoms with van der Waals surface area (Å²) in [5.41, 5.74) is -4.69. The van der Waals surface area contributed by atoms with Crippen molar-refractivity contribution in [1.29, 1.82) is 0 Å². The van der Waals surface area contributed by atoms with Gasteiger partial charge in [-0.1, -0.05) is 38.0 Å². The summed E-state index contributed by atoms with van der Waals surface area (Å²) < 4.78 is 82.2. The van der Waals surface area contributed by atoms with Crippen LogP contribution in [0.25, 0.3) is 0 Å². The first kappa shape index (κ1) is 21.9. The number of benzene rings is 1. The average Bonchev–Trinajstić information content (AvgIpc) is 2.89. The molecule has 1 amide bonds. The number of hydrogen-bond acceptors (Lipinski definition) is 2. The first-order valence-electron chi connectivity index (χ1n) is 8.60. The third-order valence-corrected chi connectivity index (χ3v) is 4.38. The molecule has 0 fully saturated rings. The largest absolute Gasteiger partial charge is 0.430 e. The second kappa shape index (κ2) is 7.92. The SMILES string of the molecule is CCCCCC1=NC(C(F)(F)F)(C(F)(F)F)C(=NC(=O)c2ccccc2)N1C. The number of amidine groups is 2. The van der Waals surface area contributed by atoms with Gasteiger partial charge in [-0.05, 0) is 18.6 Å². The molecule has 0 spiro atoms. The Hall–Kier alpha value is -2.39. The van der Waals surface area contributed by atoms with Crippen LogP contribution in [-0.2, 0) is 0 Å². The number of rotatable bonds is 5. The van der Waals surface area contributed by atoms with Crippen LogP contribution < -0.4 is 0 Å². The minimum atomic E-state index is -5.82. The Morgan fingerprint density at radius 1 is 1.07 bits per heavy atom. The van der Waals surface area contributed by atoms with E-state index in [0.29, 0.717) is 17.7 Å². The van der Waals surface area contributed by atoms with E-state index in [1.807, 2.05) is 6.92 Å². The van der Waals surface area contributed by atoms with E-state index in [9.17, 15) is 31.1 Å². The normalized spacial score (nSPS) is 18.5. The van der Waals surface area contributed by atoms with Crippen molar-refractivity contribution in [2.24, 2.45) is 9.98 Å². The third-order valence-electron chi connectivity index (χ3n) is 4.38. The maximum atomic E-state index is 13.7. The zero-order valence-corrected chi connectivity index (χ0v) is 15.2. The van der Waals surface area contributed by atoms with Gasteiger partial charge in [-0.2, -0.15) is 31.3 Å². The monoisotopic (exact) mass is 407 g/mol. The molecule has 1 heterocycles. The Morgan fingerprint density at radius 3 is 2.14 bits per heavy atom. The highest BCUT2D eigenvalue weighted by molar-refractivity contribution is 6.16. The second-order valence-corrected chi connectivity index (χ2v) is 6.36. The molecule has 0 bridgehead atoms. The van der Waals surface area contributed by atoms with Crippen LogP contribution in [0.5, 0.6) is 0 Å². The number of unbranched alkanes of at least 4 members (excludes halogenated alkanes) is 2. The maximum Gasteiger partial charge on any atom is 0.430 e. The number of alkyl halides is 6. The van der Waals surface area contributed by atoms with Gasteiger partial charge in [-0.3, -0.25) is 4.79 Å². The Bertz CT molecular complexity index is 754. The molecule has 1 aromatic rings. The van der Waals surface area contributed by atoms with Crippen LogP contribution in [0.3, 0.4) is 0 Å². The smallest absolute Gasteiger partial charge is 0.319 e. The van der Waals surface area contributed by atoms with Crippen molar-refractivity contribution in [3.63, 3.8) is 0 Å². The quantitative estimate of drug-likeness (QED) is 0.509. The molecule has 0 saturated heterocycles. The van der Waals surface area contributed by atoms with Crippen LogP contribution >= 0.6 is 0 Å². The fourth-order valence-electron chi connectivity index (χ4n) is 2.88. The summed E-state index contributed by atoms with van der Waals surface area (Å²) >= 11 is 0. The lowest BCUT2D eigenvalue weighted by Gasteiger charge is -2.32. The van der Waals surface area contributed by atoms with Gasteiger partial charge in [0.15, 0.2) is 5.84 Å². The lowest BCUT2D eigenvalue weighted by Crippen LogP contribution is -2.61. The number of amides is 1. The molecule has 0 unspecified atom stereocenters. The molecule has 0 radical (unpaired) electrons. The van der Waals surface area contributed by atoms with Crippen LogP contribution in [0, 0.1) is 0 Å². The van der Waals surface area contributed by atoms with Gasteiger partial charge in [0.2, 0.25) is 0 Å². The third kappa shape index (κ3) is 3.90. The molecule has 1 aliphatic rings. The molecule has 10 heteroatoms. The maximum absolute atomic E-state index is 13.7. The Balaban J connectivity index is 2.60. The van der Waals surface area contributed by atoms with Crippen molar-refractivity contribution in [2.75, 3.05) is 7.05 Å². The standard InChI is InChI=1S/C18H19F6N3O/c1-3-4-6-11-13-26-16(17(19,20)21,18(22,23)24)15(27(13)2)25-14(28)12-9-7-5-8-10-12/h5,7-10H,3-4,6,11H2,1-2H3. The van der Waals surface area contributed by atoms with Crippen LogP contribution in [0.1, 0.15) is 43.0 Å². The molecule has 0 N–H and O–H groups in total. The molecule has 0 aliphatic carbocycles. The van der Waals surface area contributed by atoms with Crippen LogP contribution in [-0.4, -0.2) is 47.4 Å². The summed E-state index contributed by atoms with van der Waals surface area (Å²) in [7, 11) is 1.01. The zero-order valence-electron chi connectivity index (χ0n) is 15.2. The molecular formula is C18H19F6N3O. The lowest BCUT2D eigenvalue weighted by atomic mass is 9.97. The van der Waals surface area contributed by atoms with Crippen molar-refractivity contribution in [3.05, 3.63) is 35.9 Å². The first-order chi connectivity index (χ1) is 13.0. The van der Waals surface area contributed by atoms with Gasteiger partial charge in [0.05, 0.1) is 0 Å². The van der Waals surface area contributed by atoms with Gasteiger partial charge in [0, 0.05) is 19.0 Å². The van der Waals surface area contributed by atoms with E-state index in [0.717, 1.165) is 13.5 Å². The molecule has 0 aromatic heterocycles. The number of nitrogens with zero attached hydrogens (tertiary/aromatic N) is 3. The summed E-state index contributed by atoms with van der Waals surface area (Å²) in [6.45, 7) is 1.85. The number of likely N-dealkylation sites (N-methyl/N-ethyl adjacent to an activating group) is 1. The van der Waals surface area contributed by atoms with Gasteiger partial charge in [-0.25, -0.2) is 4.99 Å². The Labute approximate surface area is 158 Å².